The summed E-state index contributed by atoms with van der Waals surface area (Å²) in [6, 6.07) is 8.26. The van der Waals surface area contributed by atoms with Gasteiger partial charge in [-0.3, -0.25) is 5.32 Å². The third kappa shape index (κ3) is 5.56. The summed E-state index contributed by atoms with van der Waals surface area (Å²) in [6.45, 7) is 5.48. The minimum Gasteiger partial charge on any atom is -0.504 e. The smallest absolute Gasteiger partial charge is 0.412 e. The van der Waals surface area contributed by atoms with E-state index in [0.717, 1.165) is 0 Å². The van der Waals surface area contributed by atoms with Gasteiger partial charge in [0.05, 0.1) is 11.4 Å². The van der Waals surface area contributed by atoms with E-state index in [0.29, 0.717) is 16.9 Å². The summed E-state index contributed by atoms with van der Waals surface area (Å²) in [7, 11) is 0. The Hall–Kier alpha value is -2.96. The Balaban J connectivity index is 2.12. The van der Waals surface area contributed by atoms with Gasteiger partial charge in [0.1, 0.15) is 11.4 Å². The minimum absolute atomic E-state index is 0.221. The normalized spacial score (nSPS) is 11.0. The number of aromatic hydroxyl groups is 2. The molecule has 0 aliphatic heterocycles. The van der Waals surface area contributed by atoms with Crippen LogP contribution in [0.5, 0.6) is 11.5 Å². The van der Waals surface area contributed by atoms with Gasteiger partial charge in [0.15, 0.2) is 11.5 Å². The number of anilines is 2. The Kier molecular flexibility index (Phi) is 5.36. The van der Waals surface area contributed by atoms with Gasteiger partial charge in [0.25, 0.3) is 0 Å². The molecular formula is C18H21FN2O4. The molecule has 0 bridgehead atoms. The maximum Gasteiger partial charge on any atom is 0.412 e. The van der Waals surface area contributed by atoms with Crippen LogP contribution in [0.2, 0.25) is 0 Å². The van der Waals surface area contributed by atoms with Crippen LogP contribution in [-0.4, -0.2) is 21.9 Å². The molecule has 2 rings (SSSR count). The molecule has 0 saturated heterocycles. The lowest BCUT2D eigenvalue weighted by molar-refractivity contribution is 0.0636. The molecule has 0 aromatic heterocycles. The number of hydrogen-bond donors (Lipinski definition) is 4. The third-order valence-corrected chi connectivity index (χ3v) is 3.14. The number of nitrogens with one attached hydrogen (secondary N) is 2. The van der Waals surface area contributed by atoms with Crippen molar-refractivity contribution in [3.63, 3.8) is 0 Å². The summed E-state index contributed by atoms with van der Waals surface area (Å²) in [5.74, 6) is -0.932. The van der Waals surface area contributed by atoms with Crippen LogP contribution in [0.15, 0.2) is 36.4 Å². The van der Waals surface area contributed by atoms with Crippen LogP contribution in [0.1, 0.15) is 26.3 Å². The lowest BCUT2D eigenvalue weighted by Gasteiger charge is -2.20. The summed E-state index contributed by atoms with van der Waals surface area (Å²) < 4.78 is 18.7. The maximum absolute atomic E-state index is 13.5. The van der Waals surface area contributed by atoms with Crippen molar-refractivity contribution < 1.29 is 24.1 Å². The van der Waals surface area contributed by atoms with Crippen LogP contribution < -0.4 is 10.6 Å². The van der Waals surface area contributed by atoms with Crippen LogP contribution in [0, 0.1) is 5.82 Å². The average Bonchev–Trinajstić information content (AvgIpc) is 2.49. The molecule has 7 heteroatoms. The van der Waals surface area contributed by atoms with Crippen molar-refractivity contribution in [1.29, 1.82) is 0 Å². The van der Waals surface area contributed by atoms with E-state index in [2.05, 4.69) is 10.6 Å². The van der Waals surface area contributed by atoms with E-state index in [9.17, 15) is 19.4 Å². The van der Waals surface area contributed by atoms with E-state index in [1.165, 1.54) is 30.3 Å². The number of phenols is 2. The summed E-state index contributed by atoms with van der Waals surface area (Å²) in [5, 5.41) is 24.4. The van der Waals surface area contributed by atoms with Crippen molar-refractivity contribution in [2.24, 2.45) is 0 Å². The van der Waals surface area contributed by atoms with Gasteiger partial charge in [-0.2, -0.15) is 0 Å². The van der Waals surface area contributed by atoms with Gasteiger partial charge in [-0.15, -0.1) is 0 Å². The Labute approximate surface area is 145 Å². The zero-order valence-electron chi connectivity index (χ0n) is 14.3. The lowest BCUT2D eigenvalue weighted by atomic mass is 10.2. The highest BCUT2D eigenvalue weighted by atomic mass is 19.1. The molecule has 1 amide bonds. The van der Waals surface area contributed by atoms with Gasteiger partial charge < -0.3 is 20.3 Å². The number of rotatable bonds is 4. The predicted octanol–water partition coefficient (Wildman–Crippen LogP) is 4.20. The fourth-order valence-electron chi connectivity index (χ4n) is 2.06. The molecule has 2 aromatic rings. The molecule has 134 valence electrons. The van der Waals surface area contributed by atoms with Crippen molar-refractivity contribution >= 4 is 17.5 Å². The SMILES string of the molecule is CC(C)(C)OC(=O)Nc1ccc(F)cc1NCc1ccc(O)c(O)c1. The van der Waals surface area contributed by atoms with E-state index in [-0.39, 0.29) is 18.0 Å². The fraction of sp³-hybridized carbons (Fsp3) is 0.278. The number of halogens is 1. The van der Waals surface area contributed by atoms with Crippen molar-refractivity contribution in [2.45, 2.75) is 32.9 Å². The van der Waals surface area contributed by atoms with Crippen LogP contribution in [0.3, 0.4) is 0 Å². The second-order valence-corrected chi connectivity index (χ2v) is 6.49. The highest BCUT2D eigenvalue weighted by Crippen LogP contribution is 2.27. The summed E-state index contributed by atoms with van der Waals surface area (Å²) in [5.41, 5.74) is 0.737. The lowest BCUT2D eigenvalue weighted by Crippen LogP contribution is -2.27. The molecule has 0 radical (unpaired) electrons. The number of benzene rings is 2. The van der Waals surface area contributed by atoms with Crippen LogP contribution in [-0.2, 0) is 11.3 Å². The molecule has 0 fully saturated rings. The molecular weight excluding hydrogens is 327 g/mol. The highest BCUT2D eigenvalue weighted by molar-refractivity contribution is 5.89. The number of phenolic OH excluding ortho intramolecular Hbond substituents is 2. The molecule has 0 unspecified atom stereocenters. The maximum atomic E-state index is 13.5. The molecule has 25 heavy (non-hydrogen) atoms. The quantitative estimate of drug-likeness (QED) is 0.622. The first-order chi connectivity index (χ1) is 11.6. The first kappa shape index (κ1) is 18.4. The fourth-order valence-corrected chi connectivity index (χ4v) is 2.06. The van der Waals surface area contributed by atoms with E-state index in [1.807, 2.05) is 0 Å². The Bertz CT molecular complexity index is 772. The number of carbonyl (C=O) groups is 1. The van der Waals surface area contributed by atoms with Crippen molar-refractivity contribution in [1.82, 2.24) is 0 Å². The molecule has 0 heterocycles. The average molecular weight is 348 g/mol. The van der Waals surface area contributed by atoms with Gasteiger partial charge in [-0.05, 0) is 56.7 Å². The second kappa shape index (κ2) is 7.29. The largest absolute Gasteiger partial charge is 0.504 e. The zero-order chi connectivity index (χ0) is 18.6. The van der Waals surface area contributed by atoms with Crippen molar-refractivity contribution in [3.05, 3.63) is 47.8 Å². The Morgan fingerprint density at radius 3 is 2.44 bits per heavy atom. The Morgan fingerprint density at radius 1 is 1.08 bits per heavy atom. The minimum atomic E-state index is -0.652. The molecule has 0 aliphatic rings. The van der Waals surface area contributed by atoms with E-state index < -0.39 is 17.5 Å². The summed E-state index contributed by atoms with van der Waals surface area (Å²) in [4.78, 5) is 11.9. The highest BCUT2D eigenvalue weighted by Gasteiger charge is 2.17. The van der Waals surface area contributed by atoms with Crippen LogP contribution >= 0.6 is 0 Å². The van der Waals surface area contributed by atoms with Crippen LogP contribution in [0.4, 0.5) is 20.6 Å². The zero-order valence-corrected chi connectivity index (χ0v) is 14.3. The molecule has 0 saturated carbocycles. The van der Waals surface area contributed by atoms with Gasteiger partial charge >= 0.3 is 6.09 Å². The van der Waals surface area contributed by atoms with Crippen molar-refractivity contribution in [2.75, 3.05) is 10.6 Å². The molecule has 4 N–H and O–H groups in total. The summed E-state index contributed by atoms with van der Waals surface area (Å²) in [6.07, 6.45) is -0.649. The van der Waals surface area contributed by atoms with Gasteiger partial charge in [0, 0.05) is 6.54 Å². The van der Waals surface area contributed by atoms with E-state index in [1.54, 1.807) is 26.8 Å². The van der Waals surface area contributed by atoms with Crippen molar-refractivity contribution in [3.8, 4) is 11.5 Å². The van der Waals surface area contributed by atoms with Gasteiger partial charge in [-0.25, -0.2) is 9.18 Å². The van der Waals surface area contributed by atoms with E-state index >= 15 is 0 Å². The standard InChI is InChI=1S/C18H21FN2O4/c1-18(2,3)25-17(24)21-13-6-5-12(19)9-14(13)20-10-11-4-7-15(22)16(23)8-11/h4-9,20,22-23H,10H2,1-3H3,(H,21,24). The monoisotopic (exact) mass is 348 g/mol. The molecule has 0 atom stereocenters. The molecule has 6 nitrogen and oxygen atoms in total. The summed E-state index contributed by atoms with van der Waals surface area (Å²) >= 11 is 0. The topological polar surface area (TPSA) is 90.8 Å². The van der Waals surface area contributed by atoms with Crippen LogP contribution in [0.25, 0.3) is 0 Å². The first-order valence-electron chi connectivity index (χ1n) is 7.68. The number of ether oxygens (including phenoxy) is 1. The molecule has 0 aliphatic carbocycles. The first-order valence-corrected chi connectivity index (χ1v) is 7.68. The number of hydrogen-bond acceptors (Lipinski definition) is 5. The molecule has 0 spiro atoms. The van der Waals surface area contributed by atoms with Gasteiger partial charge in [0.2, 0.25) is 0 Å². The molecule has 2 aromatic carbocycles. The van der Waals surface area contributed by atoms with E-state index in [4.69, 9.17) is 4.74 Å². The number of carbonyl (C=O) groups excluding carboxylic acids is 1. The Morgan fingerprint density at radius 2 is 1.80 bits per heavy atom. The predicted molar refractivity (Wildman–Crippen MR) is 93.4 cm³/mol. The number of amides is 1. The second-order valence-electron chi connectivity index (χ2n) is 6.49. The van der Waals surface area contributed by atoms with Gasteiger partial charge in [-0.1, -0.05) is 6.07 Å². The third-order valence-electron chi connectivity index (χ3n) is 3.14.